The number of carbonyl (C=O) groups excluding carboxylic acids is 2. The maximum atomic E-state index is 12.0. The third-order valence-corrected chi connectivity index (χ3v) is 3.42. The van der Waals surface area contributed by atoms with Crippen molar-refractivity contribution in [2.45, 2.75) is 32.7 Å². The van der Waals surface area contributed by atoms with Crippen LogP contribution in [0, 0.1) is 6.92 Å². The number of hydrogen-bond donors (Lipinski definition) is 0. The van der Waals surface area contributed by atoms with Crippen molar-refractivity contribution in [2.24, 2.45) is 0 Å². The van der Waals surface area contributed by atoms with E-state index in [9.17, 15) is 9.59 Å². The SMILES string of the molecule is CCOC(=O)C1CCC(=O)N1c1ccc(Cl)cc1C. The number of amides is 1. The molecule has 5 heteroatoms. The van der Waals surface area contributed by atoms with E-state index in [1.165, 1.54) is 4.90 Å². The van der Waals surface area contributed by atoms with Gasteiger partial charge in [-0.3, -0.25) is 9.69 Å². The van der Waals surface area contributed by atoms with Crippen LogP contribution in [0.4, 0.5) is 5.69 Å². The second-order valence-corrected chi connectivity index (χ2v) is 4.94. The summed E-state index contributed by atoms with van der Waals surface area (Å²) in [4.78, 5) is 25.5. The van der Waals surface area contributed by atoms with Crippen molar-refractivity contribution in [1.82, 2.24) is 0 Å². The van der Waals surface area contributed by atoms with Gasteiger partial charge in [-0.15, -0.1) is 0 Å². The van der Waals surface area contributed by atoms with Crippen molar-refractivity contribution >= 4 is 29.2 Å². The van der Waals surface area contributed by atoms with Crippen molar-refractivity contribution in [3.8, 4) is 0 Å². The molecule has 1 amide bonds. The molecule has 0 radical (unpaired) electrons. The van der Waals surface area contributed by atoms with E-state index >= 15 is 0 Å². The Bertz CT molecular complexity index is 515. The topological polar surface area (TPSA) is 46.6 Å². The molecular formula is C14H16ClNO3. The van der Waals surface area contributed by atoms with E-state index in [1.807, 2.05) is 6.92 Å². The average Bonchev–Trinajstić information content (AvgIpc) is 2.72. The van der Waals surface area contributed by atoms with E-state index in [0.717, 1.165) is 11.3 Å². The molecule has 1 aliphatic heterocycles. The molecular weight excluding hydrogens is 266 g/mol. The molecule has 2 rings (SSSR count). The zero-order valence-electron chi connectivity index (χ0n) is 11.0. The molecule has 1 aromatic rings. The van der Waals surface area contributed by atoms with Gasteiger partial charge < -0.3 is 4.74 Å². The van der Waals surface area contributed by atoms with Crippen LogP contribution < -0.4 is 4.90 Å². The molecule has 1 aliphatic rings. The first-order valence-electron chi connectivity index (χ1n) is 6.29. The monoisotopic (exact) mass is 281 g/mol. The minimum Gasteiger partial charge on any atom is -0.464 e. The van der Waals surface area contributed by atoms with Crippen LogP contribution in [0.3, 0.4) is 0 Å². The highest BCUT2D eigenvalue weighted by Crippen LogP contribution is 2.31. The Balaban J connectivity index is 2.34. The molecule has 1 atom stereocenters. The first kappa shape index (κ1) is 13.9. The molecule has 4 nitrogen and oxygen atoms in total. The summed E-state index contributed by atoms with van der Waals surface area (Å²) >= 11 is 5.91. The quantitative estimate of drug-likeness (QED) is 0.800. The Labute approximate surface area is 117 Å². The molecule has 0 saturated carbocycles. The molecule has 102 valence electrons. The Morgan fingerprint density at radius 1 is 1.53 bits per heavy atom. The van der Waals surface area contributed by atoms with Crippen LogP contribution in [0.2, 0.25) is 5.02 Å². The summed E-state index contributed by atoms with van der Waals surface area (Å²) in [6.07, 6.45) is 0.866. The van der Waals surface area contributed by atoms with Crippen LogP contribution in [-0.2, 0) is 14.3 Å². The summed E-state index contributed by atoms with van der Waals surface area (Å²) in [5, 5.41) is 0.612. The minimum atomic E-state index is -0.521. The molecule has 0 aliphatic carbocycles. The highest BCUT2D eigenvalue weighted by atomic mass is 35.5. The fourth-order valence-electron chi connectivity index (χ4n) is 2.34. The Morgan fingerprint density at radius 2 is 2.26 bits per heavy atom. The van der Waals surface area contributed by atoms with Crippen LogP contribution in [0.15, 0.2) is 18.2 Å². The maximum absolute atomic E-state index is 12.0. The molecule has 19 heavy (non-hydrogen) atoms. The number of hydrogen-bond acceptors (Lipinski definition) is 3. The lowest BCUT2D eigenvalue weighted by molar-refractivity contribution is -0.144. The van der Waals surface area contributed by atoms with E-state index in [2.05, 4.69) is 0 Å². The average molecular weight is 282 g/mol. The van der Waals surface area contributed by atoms with Gasteiger partial charge in [0.05, 0.1) is 6.61 Å². The van der Waals surface area contributed by atoms with E-state index in [0.29, 0.717) is 24.5 Å². The summed E-state index contributed by atoms with van der Waals surface area (Å²) < 4.78 is 5.03. The second-order valence-electron chi connectivity index (χ2n) is 4.50. The van der Waals surface area contributed by atoms with Gasteiger partial charge in [0, 0.05) is 17.1 Å². The first-order valence-corrected chi connectivity index (χ1v) is 6.67. The number of benzene rings is 1. The van der Waals surface area contributed by atoms with E-state index in [4.69, 9.17) is 16.3 Å². The summed E-state index contributed by atoms with van der Waals surface area (Å²) in [5.41, 5.74) is 1.60. The smallest absolute Gasteiger partial charge is 0.329 e. The number of nitrogens with zero attached hydrogens (tertiary/aromatic N) is 1. The number of esters is 1. The van der Waals surface area contributed by atoms with Gasteiger partial charge in [-0.1, -0.05) is 11.6 Å². The largest absolute Gasteiger partial charge is 0.464 e. The Hall–Kier alpha value is -1.55. The highest BCUT2D eigenvalue weighted by molar-refractivity contribution is 6.30. The molecule has 1 aromatic carbocycles. The summed E-state index contributed by atoms with van der Waals surface area (Å²) in [6.45, 7) is 3.94. The number of ether oxygens (including phenoxy) is 1. The van der Waals surface area contributed by atoms with Gasteiger partial charge in [0.2, 0.25) is 5.91 Å². The number of carbonyl (C=O) groups is 2. The van der Waals surface area contributed by atoms with Crippen molar-refractivity contribution in [2.75, 3.05) is 11.5 Å². The lowest BCUT2D eigenvalue weighted by Crippen LogP contribution is -2.40. The zero-order chi connectivity index (χ0) is 14.0. The van der Waals surface area contributed by atoms with Crippen molar-refractivity contribution in [3.63, 3.8) is 0 Å². The van der Waals surface area contributed by atoms with Crippen LogP contribution in [-0.4, -0.2) is 24.5 Å². The van der Waals surface area contributed by atoms with Gasteiger partial charge in [0.1, 0.15) is 6.04 Å². The molecule has 1 unspecified atom stereocenters. The Morgan fingerprint density at radius 3 is 2.89 bits per heavy atom. The Kier molecular flexibility index (Phi) is 4.10. The predicted molar refractivity (Wildman–Crippen MR) is 73.3 cm³/mol. The fraction of sp³-hybridized carbons (Fsp3) is 0.429. The first-order chi connectivity index (χ1) is 9.04. The van der Waals surface area contributed by atoms with E-state index < -0.39 is 6.04 Å². The van der Waals surface area contributed by atoms with Crippen molar-refractivity contribution in [1.29, 1.82) is 0 Å². The summed E-state index contributed by atoms with van der Waals surface area (Å²) in [7, 11) is 0. The number of halogens is 1. The van der Waals surface area contributed by atoms with Gasteiger partial charge in [-0.25, -0.2) is 4.79 Å². The van der Waals surface area contributed by atoms with Crippen LogP contribution in [0.5, 0.6) is 0 Å². The van der Waals surface area contributed by atoms with Gasteiger partial charge in [0.15, 0.2) is 0 Å². The van der Waals surface area contributed by atoms with Crippen molar-refractivity contribution in [3.05, 3.63) is 28.8 Å². The number of aryl methyl sites for hydroxylation is 1. The van der Waals surface area contributed by atoms with Crippen molar-refractivity contribution < 1.29 is 14.3 Å². The summed E-state index contributed by atoms with van der Waals surface area (Å²) in [6, 6.07) is 4.75. The van der Waals surface area contributed by atoms with Gasteiger partial charge in [0.25, 0.3) is 0 Å². The third-order valence-electron chi connectivity index (χ3n) is 3.19. The summed E-state index contributed by atoms with van der Waals surface area (Å²) in [5.74, 6) is -0.397. The highest BCUT2D eigenvalue weighted by Gasteiger charge is 2.38. The molecule has 0 bridgehead atoms. The van der Waals surface area contributed by atoms with E-state index in [1.54, 1.807) is 25.1 Å². The second kappa shape index (κ2) is 5.61. The van der Waals surface area contributed by atoms with E-state index in [-0.39, 0.29) is 11.9 Å². The van der Waals surface area contributed by atoms with Gasteiger partial charge in [-0.05, 0) is 44.0 Å². The number of rotatable bonds is 3. The molecule has 1 heterocycles. The predicted octanol–water partition coefficient (Wildman–Crippen LogP) is 2.71. The normalized spacial score (nSPS) is 18.8. The molecule has 1 saturated heterocycles. The van der Waals surface area contributed by atoms with Crippen LogP contribution in [0.25, 0.3) is 0 Å². The fourth-order valence-corrected chi connectivity index (χ4v) is 2.56. The molecule has 0 spiro atoms. The zero-order valence-corrected chi connectivity index (χ0v) is 11.7. The number of anilines is 1. The van der Waals surface area contributed by atoms with Crippen LogP contribution >= 0.6 is 11.6 Å². The standard InChI is InChI=1S/C14H16ClNO3/c1-3-19-14(18)12-6-7-13(17)16(12)11-5-4-10(15)8-9(11)2/h4-5,8,12H,3,6-7H2,1-2H3. The maximum Gasteiger partial charge on any atom is 0.329 e. The lowest BCUT2D eigenvalue weighted by atomic mass is 10.1. The van der Waals surface area contributed by atoms with Crippen LogP contribution in [0.1, 0.15) is 25.3 Å². The lowest BCUT2D eigenvalue weighted by Gasteiger charge is -2.25. The van der Waals surface area contributed by atoms with Gasteiger partial charge >= 0.3 is 5.97 Å². The minimum absolute atomic E-state index is 0.0523. The third kappa shape index (κ3) is 2.73. The molecule has 0 N–H and O–H groups in total. The molecule has 0 aromatic heterocycles. The molecule has 1 fully saturated rings. The van der Waals surface area contributed by atoms with Gasteiger partial charge in [-0.2, -0.15) is 0 Å².